The molecule has 6 rings (SSSR count). The fourth-order valence-electron chi connectivity index (χ4n) is 4.76. The molecule has 1 aliphatic heterocycles. The van der Waals surface area contributed by atoms with Crippen molar-refractivity contribution in [2.45, 2.75) is 17.4 Å². The van der Waals surface area contributed by atoms with Gasteiger partial charge >= 0.3 is 6.03 Å². The van der Waals surface area contributed by atoms with Gasteiger partial charge in [-0.05, 0) is 54.4 Å². The van der Waals surface area contributed by atoms with Gasteiger partial charge in [-0.15, -0.1) is 0 Å². The number of nitrogens with zero attached hydrogens (tertiary/aromatic N) is 4. The van der Waals surface area contributed by atoms with E-state index in [9.17, 15) is 17.6 Å². The maximum atomic E-state index is 14.0. The number of H-pyrrole nitrogens is 1. The highest BCUT2D eigenvalue weighted by molar-refractivity contribution is 7.92. The van der Waals surface area contributed by atoms with E-state index in [1.54, 1.807) is 24.4 Å². The molecule has 1 unspecified atom stereocenters. The smallest absolute Gasteiger partial charge is 0.323 e. The van der Waals surface area contributed by atoms with E-state index in [1.807, 2.05) is 12.1 Å². The Labute approximate surface area is 233 Å². The van der Waals surface area contributed by atoms with Gasteiger partial charge in [-0.25, -0.2) is 17.6 Å². The van der Waals surface area contributed by atoms with Gasteiger partial charge in [0.15, 0.2) is 5.65 Å². The van der Waals surface area contributed by atoms with E-state index in [0.29, 0.717) is 29.0 Å². The van der Waals surface area contributed by atoms with Crippen molar-refractivity contribution in [1.82, 2.24) is 20.2 Å². The van der Waals surface area contributed by atoms with E-state index in [2.05, 4.69) is 36.1 Å². The number of amides is 2. The summed E-state index contributed by atoms with van der Waals surface area (Å²) >= 11 is 0. The summed E-state index contributed by atoms with van der Waals surface area (Å²) in [7, 11) is -4.07. The highest BCUT2D eigenvalue weighted by Crippen LogP contribution is 2.34. The van der Waals surface area contributed by atoms with Crippen LogP contribution in [0, 0.1) is 5.82 Å². The van der Waals surface area contributed by atoms with E-state index in [0.717, 1.165) is 5.56 Å². The van der Waals surface area contributed by atoms with Gasteiger partial charge in [0.25, 0.3) is 10.0 Å². The number of nitrogens with one attached hydrogen (secondary N) is 4. The minimum Gasteiger partial charge on any atom is -0.368 e. The average Bonchev–Trinajstić information content (AvgIpc) is 3.41. The number of rotatable bonds is 6. The highest BCUT2D eigenvalue weighted by atomic mass is 32.2. The Hall–Kier alpha value is -5.24. The summed E-state index contributed by atoms with van der Waals surface area (Å²) in [6.07, 6.45) is 2.11. The first-order valence-corrected chi connectivity index (χ1v) is 14.0. The molecular weight excluding hydrogens is 549 g/mol. The summed E-state index contributed by atoms with van der Waals surface area (Å²) in [5.74, 6) is -0.00274. The second kappa shape index (κ2) is 10.4. The molecule has 12 nitrogen and oxygen atoms in total. The van der Waals surface area contributed by atoms with Crippen LogP contribution in [0.25, 0.3) is 11.0 Å². The van der Waals surface area contributed by atoms with Crippen LogP contribution in [-0.4, -0.2) is 47.2 Å². The Morgan fingerprint density at radius 2 is 1.76 bits per heavy atom. The van der Waals surface area contributed by atoms with Crippen molar-refractivity contribution in [2.24, 2.45) is 0 Å². The Morgan fingerprint density at radius 3 is 2.56 bits per heavy atom. The fourth-order valence-corrected chi connectivity index (χ4v) is 6.35. The number of hydrogen-bond donors (Lipinski definition) is 5. The number of halogens is 1. The summed E-state index contributed by atoms with van der Waals surface area (Å²) < 4.78 is 42.8. The molecule has 6 N–H and O–H groups in total. The molecule has 14 heteroatoms. The number of benzene rings is 3. The lowest BCUT2D eigenvalue weighted by Crippen LogP contribution is -2.45. The monoisotopic (exact) mass is 573 g/mol. The predicted molar refractivity (Wildman–Crippen MR) is 154 cm³/mol. The molecule has 0 radical (unpaired) electrons. The first-order chi connectivity index (χ1) is 19.8. The number of aromatic amines is 1. The second-order valence-electron chi connectivity index (χ2n) is 9.39. The number of carbonyl (C=O) groups excluding carboxylic acids is 1. The van der Waals surface area contributed by atoms with Crippen molar-refractivity contribution in [2.75, 3.05) is 32.5 Å². The van der Waals surface area contributed by atoms with Gasteiger partial charge < -0.3 is 21.7 Å². The van der Waals surface area contributed by atoms with Gasteiger partial charge in [0.05, 0.1) is 34.8 Å². The van der Waals surface area contributed by atoms with Crippen molar-refractivity contribution >= 4 is 55.9 Å². The van der Waals surface area contributed by atoms with Crippen LogP contribution in [0.1, 0.15) is 5.56 Å². The molecule has 1 aliphatic rings. The number of para-hydroxylation sites is 1. The molecule has 0 bridgehead atoms. The largest absolute Gasteiger partial charge is 0.368 e. The van der Waals surface area contributed by atoms with E-state index in [1.165, 1.54) is 46.8 Å². The number of fused-ring (bicyclic) bond motifs is 2. The SMILES string of the molecule is Nc1nc(NC2Cc3ccccc3N(S(=O)(=O)c3cccc(NC(=O)Nc4cccc(F)c4)c3)C2)c2cn[nH]c2n1. The van der Waals surface area contributed by atoms with Gasteiger partial charge in [-0.1, -0.05) is 30.3 Å². The molecule has 3 aromatic carbocycles. The van der Waals surface area contributed by atoms with Gasteiger partial charge in [0.1, 0.15) is 11.6 Å². The fraction of sp³-hybridized carbons (Fsp3) is 0.111. The van der Waals surface area contributed by atoms with Gasteiger partial charge in [-0.2, -0.15) is 15.1 Å². The van der Waals surface area contributed by atoms with Crippen LogP contribution >= 0.6 is 0 Å². The zero-order valence-corrected chi connectivity index (χ0v) is 22.2. The molecule has 41 heavy (non-hydrogen) atoms. The van der Waals surface area contributed by atoms with Gasteiger partial charge in [-0.3, -0.25) is 9.40 Å². The third-order valence-electron chi connectivity index (χ3n) is 6.54. The molecule has 2 amide bonds. The molecule has 0 saturated heterocycles. The molecule has 5 aromatic rings. The minimum absolute atomic E-state index is 0.0139. The standard InChI is InChI=1S/C27H24FN9O3S/c28-17-6-3-7-18(12-17)32-27(38)33-19-8-4-9-21(13-19)41(39,40)37-15-20(11-16-5-1-2-10-23(16)37)31-24-22-14-30-36-25(22)35-26(29)34-24/h1-10,12-14,20H,11,15H2,(H2,32,33,38)(H4,29,30,31,34,35,36). The first kappa shape index (κ1) is 26.0. The lowest BCUT2D eigenvalue weighted by molar-refractivity contribution is 0.262. The van der Waals surface area contributed by atoms with Crippen LogP contribution in [0.3, 0.4) is 0 Å². The number of urea groups is 1. The average molecular weight is 574 g/mol. The van der Waals surface area contributed by atoms with E-state index in [-0.39, 0.29) is 34.8 Å². The Morgan fingerprint density at radius 1 is 1.00 bits per heavy atom. The molecular formula is C27H24FN9O3S. The lowest BCUT2D eigenvalue weighted by Gasteiger charge is -2.36. The second-order valence-corrected chi connectivity index (χ2v) is 11.3. The third-order valence-corrected chi connectivity index (χ3v) is 8.32. The third kappa shape index (κ3) is 5.32. The molecule has 0 aliphatic carbocycles. The van der Waals surface area contributed by atoms with Crippen molar-refractivity contribution in [3.8, 4) is 0 Å². The summed E-state index contributed by atoms with van der Waals surface area (Å²) in [6.45, 7) is 0.0975. The van der Waals surface area contributed by atoms with Crippen LogP contribution in [0.4, 0.5) is 38.0 Å². The van der Waals surface area contributed by atoms with Crippen molar-refractivity contribution in [3.05, 3.63) is 90.4 Å². The number of hydrogen-bond acceptors (Lipinski definition) is 8. The Balaban J connectivity index is 1.27. The summed E-state index contributed by atoms with van der Waals surface area (Å²) in [6, 6.07) is 17.6. The number of sulfonamides is 1. The Kier molecular flexibility index (Phi) is 6.59. The van der Waals surface area contributed by atoms with Crippen LogP contribution in [0.5, 0.6) is 0 Å². The zero-order valence-electron chi connectivity index (χ0n) is 21.4. The number of nitrogen functional groups attached to an aromatic ring is 1. The van der Waals surface area contributed by atoms with E-state index >= 15 is 0 Å². The number of aromatic nitrogens is 4. The van der Waals surface area contributed by atoms with Crippen molar-refractivity contribution in [3.63, 3.8) is 0 Å². The Bertz CT molecular complexity index is 1880. The lowest BCUT2D eigenvalue weighted by atomic mass is 9.99. The number of carbonyl (C=O) groups is 1. The summed E-state index contributed by atoms with van der Waals surface area (Å²) in [4.78, 5) is 20.9. The van der Waals surface area contributed by atoms with Gasteiger partial charge in [0.2, 0.25) is 5.95 Å². The van der Waals surface area contributed by atoms with Gasteiger partial charge in [0, 0.05) is 11.4 Å². The molecule has 0 fully saturated rings. The predicted octanol–water partition coefficient (Wildman–Crippen LogP) is 3.95. The highest BCUT2D eigenvalue weighted by Gasteiger charge is 2.34. The number of nitrogens with two attached hydrogens (primary N) is 1. The van der Waals surface area contributed by atoms with Crippen LogP contribution in [-0.2, 0) is 16.4 Å². The molecule has 1 atom stereocenters. The number of anilines is 5. The normalized spacial score (nSPS) is 14.9. The zero-order chi connectivity index (χ0) is 28.6. The van der Waals surface area contributed by atoms with Crippen molar-refractivity contribution in [1.29, 1.82) is 0 Å². The first-order valence-electron chi connectivity index (χ1n) is 12.5. The maximum absolute atomic E-state index is 14.0. The molecule has 208 valence electrons. The molecule has 0 spiro atoms. The summed E-state index contributed by atoms with van der Waals surface area (Å²) in [5, 5.41) is 15.8. The van der Waals surface area contributed by atoms with Crippen molar-refractivity contribution < 1.29 is 17.6 Å². The maximum Gasteiger partial charge on any atom is 0.323 e. The molecule has 3 heterocycles. The molecule has 2 aromatic heterocycles. The van der Waals surface area contributed by atoms with E-state index < -0.39 is 21.9 Å². The van der Waals surface area contributed by atoms with Crippen LogP contribution in [0.2, 0.25) is 0 Å². The molecule has 0 saturated carbocycles. The summed E-state index contributed by atoms with van der Waals surface area (Å²) in [5.41, 5.74) is 8.23. The van der Waals surface area contributed by atoms with Crippen LogP contribution < -0.4 is 26.0 Å². The quantitative estimate of drug-likeness (QED) is 0.203. The van der Waals surface area contributed by atoms with Crippen LogP contribution in [0.15, 0.2) is 83.9 Å². The van der Waals surface area contributed by atoms with E-state index in [4.69, 9.17) is 5.73 Å². The topological polar surface area (TPSA) is 171 Å². The minimum atomic E-state index is -4.07.